The van der Waals surface area contributed by atoms with E-state index in [2.05, 4.69) is 4.98 Å². The third-order valence-corrected chi connectivity index (χ3v) is 4.39. The van der Waals surface area contributed by atoms with E-state index in [0.29, 0.717) is 31.0 Å². The summed E-state index contributed by atoms with van der Waals surface area (Å²) in [6, 6.07) is 7.19. The van der Waals surface area contributed by atoms with Gasteiger partial charge in [0.05, 0.1) is 13.0 Å². The highest BCUT2D eigenvalue weighted by Crippen LogP contribution is 2.26. The van der Waals surface area contributed by atoms with Gasteiger partial charge in [-0.15, -0.1) is 0 Å². The SMILES string of the molecule is COc1ccc(-c2nc(C(=O)N3CCC[C@@H](C(=O)O)C3)c(C)o2)cc1. The van der Waals surface area contributed by atoms with Gasteiger partial charge in [0.2, 0.25) is 5.89 Å². The molecule has 0 spiro atoms. The Labute approximate surface area is 145 Å². The van der Waals surface area contributed by atoms with Crippen molar-refractivity contribution in [2.75, 3.05) is 20.2 Å². The van der Waals surface area contributed by atoms with Gasteiger partial charge in [-0.05, 0) is 44.0 Å². The Balaban J connectivity index is 1.81. The molecular formula is C18H20N2O5. The predicted octanol–water partition coefficient (Wildman–Crippen LogP) is 2.60. The topological polar surface area (TPSA) is 92.9 Å². The molecule has 1 N–H and O–H groups in total. The largest absolute Gasteiger partial charge is 0.497 e. The maximum atomic E-state index is 12.7. The van der Waals surface area contributed by atoms with Crippen molar-refractivity contribution in [3.05, 3.63) is 35.7 Å². The van der Waals surface area contributed by atoms with Crippen LogP contribution in [0.1, 0.15) is 29.1 Å². The number of nitrogens with zero attached hydrogens (tertiary/aromatic N) is 2. The molecule has 1 aromatic heterocycles. The Kier molecular flexibility index (Phi) is 4.74. The second-order valence-electron chi connectivity index (χ2n) is 6.08. The van der Waals surface area contributed by atoms with E-state index < -0.39 is 11.9 Å². The average Bonchev–Trinajstić information content (AvgIpc) is 3.03. The van der Waals surface area contributed by atoms with Gasteiger partial charge in [-0.3, -0.25) is 9.59 Å². The number of aliphatic carboxylic acids is 1. The number of piperidine rings is 1. The molecule has 0 radical (unpaired) electrons. The fraction of sp³-hybridized carbons (Fsp3) is 0.389. The molecule has 0 unspecified atom stereocenters. The lowest BCUT2D eigenvalue weighted by Crippen LogP contribution is -2.42. The van der Waals surface area contributed by atoms with Gasteiger partial charge in [0.1, 0.15) is 11.5 Å². The molecule has 132 valence electrons. The normalized spacial score (nSPS) is 17.4. The Bertz CT molecular complexity index is 781. The second kappa shape index (κ2) is 6.96. The van der Waals surface area contributed by atoms with E-state index >= 15 is 0 Å². The van der Waals surface area contributed by atoms with E-state index in [1.807, 2.05) is 0 Å². The van der Waals surface area contributed by atoms with Crippen LogP contribution in [0, 0.1) is 12.8 Å². The molecule has 3 rings (SSSR count). The molecule has 7 heteroatoms. The van der Waals surface area contributed by atoms with Crippen LogP contribution in [-0.2, 0) is 4.79 Å². The van der Waals surface area contributed by atoms with E-state index in [0.717, 1.165) is 11.3 Å². The molecule has 1 amide bonds. The Morgan fingerprint density at radius 2 is 2.04 bits per heavy atom. The molecule has 0 bridgehead atoms. The first kappa shape index (κ1) is 17.0. The number of rotatable bonds is 4. The number of oxazole rings is 1. The lowest BCUT2D eigenvalue weighted by atomic mass is 9.98. The number of benzene rings is 1. The third-order valence-electron chi connectivity index (χ3n) is 4.39. The number of methoxy groups -OCH3 is 1. The quantitative estimate of drug-likeness (QED) is 0.916. The number of carbonyl (C=O) groups excluding carboxylic acids is 1. The molecule has 7 nitrogen and oxygen atoms in total. The van der Waals surface area contributed by atoms with Crippen LogP contribution in [-0.4, -0.2) is 47.1 Å². The van der Waals surface area contributed by atoms with Crippen molar-refractivity contribution < 1.29 is 23.8 Å². The molecule has 1 aliphatic rings. The van der Waals surface area contributed by atoms with Crippen LogP contribution in [0.2, 0.25) is 0 Å². The zero-order chi connectivity index (χ0) is 18.0. The minimum absolute atomic E-state index is 0.207. The molecular weight excluding hydrogens is 324 g/mol. The van der Waals surface area contributed by atoms with Crippen LogP contribution < -0.4 is 4.74 Å². The van der Waals surface area contributed by atoms with E-state index in [9.17, 15) is 14.7 Å². The van der Waals surface area contributed by atoms with Crippen LogP contribution in [0.3, 0.4) is 0 Å². The number of hydrogen-bond acceptors (Lipinski definition) is 5. The fourth-order valence-corrected chi connectivity index (χ4v) is 2.96. The molecule has 1 saturated heterocycles. The zero-order valence-electron chi connectivity index (χ0n) is 14.2. The highest BCUT2D eigenvalue weighted by molar-refractivity contribution is 5.94. The lowest BCUT2D eigenvalue weighted by molar-refractivity contribution is -0.143. The van der Waals surface area contributed by atoms with Crippen molar-refractivity contribution in [1.82, 2.24) is 9.88 Å². The summed E-state index contributed by atoms with van der Waals surface area (Å²) in [7, 11) is 1.59. The molecule has 0 saturated carbocycles. The van der Waals surface area contributed by atoms with Gasteiger partial charge in [0.25, 0.3) is 5.91 Å². The summed E-state index contributed by atoms with van der Waals surface area (Å²) < 4.78 is 10.8. The van der Waals surface area contributed by atoms with Crippen LogP contribution in [0.5, 0.6) is 5.75 Å². The summed E-state index contributed by atoms with van der Waals surface area (Å²) in [5.41, 5.74) is 0.974. The number of aromatic nitrogens is 1. The Morgan fingerprint density at radius 3 is 2.68 bits per heavy atom. The molecule has 1 atom stereocenters. The molecule has 1 aromatic carbocycles. The maximum absolute atomic E-state index is 12.7. The Hall–Kier alpha value is -2.83. The number of aryl methyl sites for hydroxylation is 1. The minimum Gasteiger partial charge on any atom is -0.497 e. The third kappa shape index (κ3) is 3.50. The van der Waals surface area contributed by atoms with Crippen LogP contribution in [0.15, 0.2) is 28.7 Å². The molecule has 1 aliphatic heterocycles. The summed E-state index contributed by atoms with van der Waals surface area (Å²) in [5, 5.41) is 9.18. The number of hydrogen-bond donors (Lipinski definition) is 1. The molecule has 2 heterocycles. The van der Waals surface area contributed by atoms with Gasteiger partial charge in [0, 0.05) is 18.7 Å². The van der Waals surface area contributed by atoms with Gasteiger partial charge in [-0.1, -0.05) is 0 Å². The van der Waals surface area contributed by atoms with Gasteiger partial charge in [0.15, 0.2) is 5.69 Å². The first-order chi connectivity index (χ1) is 12.0. The van der Waals surface area contributed by atoms with E-state index in [-0.39, 0.29) is 18.1 Å². The van der Waals surface area contributed by atoms with Crippen molar-refractivity contribution in [1.29, 1.82) is 0 Å². The van der Waals surface area contributed by atoms with Crippen LogP contribution in [0.4, 0.5) is 0 Å². The maximum Gasteiger partial charge on any atom is 0.308 e. The Morgan fingerprint density at radius 1 is 1.32 bits per heavy atom. The van der Waals surface area contributed by atoms with Gasteiger partial charge in [-0.25, -0.2) is 4.98 Å². The number of amides is 1. The summed E-state index contributed by atoms with van der Waals surface area (Å²) in [6.45, 7) is 2.43. The summed E-state index contributed by atoms with van der Waals surface area (Å²) in [6.07, 6.45) is 1.26. The van der Waals surface area contributed by atoms with Crippen molar-refractivity contribution in [3.63, 3.8) is 0 Å². The number of likely N-dealkylation sites (tertiary alicyclic amines) is 1. The predicted molar refractivity (Wildman–Crippen MR) is 89.5 cm³/mol. The average molecular weight is 344 g/mol. The van der Waals surface area contributed by atoms with Gasteiger partial charge < -0.3 is 19.2 Å². The van der Waals surface area contributed by atoms with Crippen LogP contribution >= 0.6 is 0 Å². The number of ether oxygens (including phenoxy) is 1. The van der Waals surface area contributed by atoms with Crippen LogP contribution in [0.25, 0.3) is 11.5 Å². The standard InChI is InChI=1S/C18H20N2O5/c1-11-15(17(21)20-9-3-4-13(10-20)18(22)23)19-16(25-11)12-5-7-14(24-2)8-6-12/h5-8,13H,3-4,9-10H2,1-2H3,(H,22,23)/t13-/m1/s1. The smallest absolute Gasteiger partial charge is 0.308 e. The first-order valence-electron chi connectivity index (χ1n) is 8.13. The van der Waals surface area contributed by atoms with E-state index in [1.165, 1.54) is 0 Å². The van der Waals surface area contributed by atoms with E-state index in [1.54, 1.807) is 43.2 Å². The highest BCUT2D eigenvalue weighted by atomic mass is 16.5. The molecule has 1 fully saturated rings. The van der Waals surface area contributed by atoms with Crippen molar-refractivity contribution in [2.45, 2.75) is 19.8 Å². The van der Waals surface area contributed by atoms with E-state index in [4.69, 9.17) is 9.15 Å². The minimum atomic E-state index is -0.867. The fourth-order valence-electron chi connectivity index (χ4n) is 2.96. The first-order valence-corrected chi connectivity index (χ1v) is 8.13. The van der Waals surface area contributed by atoms with Gasteiger partial charge >= 0.3 is 5.97 Å². The highest BCUT2D eigenvalue weighted by Gasteiger charge is 2.31. The monoisotopic (exact) mass is 344 g/mol. The number of carboxylic acids is 1. The molecule has 2 aromatic rings. The van der Waals surface area contributed by atoms with Crippen molar-refractivity contribution in [3.8, 4) is 17.2 Å². The van der Waals surface area contributed by atoms with Crippen molar-refractivity contribution >= 4 is 11.9 Å². The number of carboxylic acid groups (broad SMARTS) is 1. The van der Waals surface area contributed by atoms with Crippen molar-refractivity contribution in [2.24, 2.45) is 5.92 Å². The summed E-state index contributed by atoms with van der Waals surface area (Å²) in [4.78, 5) is 29.8. The molecule has 0 aliphatic carbocycles. The lowest BCUT2D eigenvalue weighted by Gasteiger charge is -2.30. The number of carbonyl (C=O) groups is 2. The second-order valence-corrected chi connectivity index (χ2v) is 6.08. The summed E-state index contributed by atoms with van der Waals surface area (Å²) >= 11 is 0. The zero-order valence-corrected chi connectivity index (χ0v) is 14.2. The van der Waals surface area contributed by atoms with Gasteiger partial charge in [-0.2, -0.15) is 0 Å². The summed E-state index contributed by atoms with van der Waals surface area (Å²) in [5.74, 6) is -0.175. The molecule has 25 heavy (non-hydrogen) atoms.